The van der Waals surface area contributed by atoms with Gasteiger partial charge in [-0.2, -0.15) is 0 Å². The van der Waals surface area contributed by atoms with Crippen LogP contribution in [0.2, 0.25) is 0 Å². The molecule has 2 aromatic rings. The van der Waals surface area contributed by atoms with E-state index in [0.29, 0.717) is 12.5 Å². The van der Waals surface area contributed by atoms with Gasteiger partial charge in [0.25, 0.3) is 0 Å². The van der Waals surface area contributed by atoms with Gasteiger partial charge in [0, 0.05) is 27.4 Å². The highest BCUT2D eigenvalue weighted by molar-refractivity contribution is 9.10. The SMILES string of the molecule is Cc1ccc(-c2nc3c(s2)CCCC3CN)cc1Br. The van der Waals surface area contributed by atoms with Crippen LogP contribution in [0.5, 0.6) is 0 Å². The van der Waals surface area contributed by atoms with E-state index in [0.717, 1.165) is 15.9 Å². The second kappa shape index (κ2) is 5.35. The zero-order valence-corrected chi connectivity index (χ0v) is 13.4. The Kier molecular flexibility index (Phi) is 3.74. The number of rotatable bonds is 2. The first kappa shape index (κ1) is 13.3. The predicted molar refractivity (Wildman–Crippen MR) is 84.7 cm³/mol. The lowest BCUT2D eigenvalue weighted by atomic mass is 9.91. The van der Waals surface area contributed by atoms with Crippen LogP contribution in [0.1, 0.15) is 34.9 Å². The van der Waals surface area contributed by atoms with Crippen LogP contribution in [0.3, 0.4) is 0 Å². The number of nitrogens with zero attached hydrogens (tertiary/aromatic N) is 1. The number of aryl methyl sites for hydroxylation is 2. The first-order valence-electron chi connectivity index (χ1n) is 6.65. The number of aromatic nitrogens is 1. The first-order chi connectivity index (χ1) is 9.19. The minimum Gasteiger partial charge on any atom is -0.330 e. The molecular weight excluding hydrogens is 320 g/mol. The molecule has 3 rings (SSSR count). The maximum atomic E-state index is 5.87. The lowest BCUT2D eigenvalue weighted by Crippen LogP contribution is -2.17. The second-order valence-corrected chi connectivity index (χ2v) is 7.05. The third-order valence-electron chi connectivity index (χ3n) is 3.77. The second-order valence-electron chi connectivity index (χ2n) is 5.12. The van der Waals surface area contributed by atoms with Gasteiger partial charge in [0.15, 0.2) is 0 Å². The molecule has 1 aromatic carbocycles. The number of hydrogen-bond acceptors (Lipinski definition) is 3. The summed E-state index contributed by atoms with van der Waals surface area (Å²) in [7, 11) is 0. The van der Waals surface area contributed by atoms with E-state index in [2.05, 4.69) is 41.1 Å². The Balaban J connectivity index is 2.02. The quantitative estimate of drug-likeness (QED) is 0.889. The van der Waals surface area contributed by atoms with Crippen molar-refractivity contribution >= 4 is 27.3 Å². The molecule has 1 heterocycles. The number of fused-ring (bicyclic) bond motifs is 1. The van der Waals surface area contributed by atoms with Crippen LogP contribution >= 0.6 is 27.3 Å². The molecule has 4 heteroatoms. The summed E-state index contributed by atoms with van der Waals surface area (Å²) in [4.78, 5) is 6.30. The van der Waals surface area contributed by atoms with Crippen LogP contribution in [-0.4, -0.2) is 11.5 Å². The third kappa shape index (κ3) is 2.49. The molecule has 2 nitrogen and oxygen atoms in total. The van der Waals surface area contributed by atoms with Gasteiger partial charge in [-0.25, -0.2) is 4.98 Å². The van der Waals surface area contributed by atoms with E-state index in [4.69, 9.17) is 10.7 Å². The Labute approximate surface area is 126 Å². The summed E-state index contributed by atoms with van der Waals surface area (Å²) in [6, 6.07) is 6.46. The van der Waals surface area contributed by atoms with Crippen molar-refractivity contribution in [1.82, 2.24) is 4.98 Å². The van der Waals surface area contributed by atoms with Crippen LogP contribution in [0.25, 0.3) is 10.6 Å². The minimum atomic E-state index is 0.461. The van der Waals surface area contributed by atoms with Crippen LogP contribution in [-0.2, 0) is 6.42 Å². The Hall–Kier alpha value is -0.710. The van der Waals surface area contributed by atoms with Crippen molar-refractivity contribution < 1.29 is 0 Å². The zero-order valence-electron chi connectivity index (χ0n) is 10.9. The van der Waals surface area contributed by atoms with Crippen molar-refractivity contribution in [2.24, 2.45) is 5.73 Å². The van der Waals surface area contributed by atoms with Gasteiger partial charge in [-0.05, 0) is 37.8 Å². The molecule has 100 valence electrons. The van der Waals surface area contributed by atoms with Crippen molar-refractivity contribution in [3.63, 3.8) is 0 Å². The Morgan fingerprint density at radius 1 is 1.47 bits per heavy atom. The van der Waals surface area contributed by atoms with Crippen LogP contribution in [0.4, 0.5) is 0 Å². The zero-order chi connectivity index (χ0) is 13.4. The lowest BCUT2D eigenvalue weighted by molar-refractivity contribution is 0.554. The van der Waals surface area contributed by atoms with Gasteiger partial charge in [0.2, 0.25) is 0 Å². The average molecular weight is 337 g/mol. The fraction of sp³-hybridized carbons (Fsp3) is 0.400. The van der Waals surface area contributed by atoms with E-state index in [1.54, 1.807) is 0 Å². The van der Waals surface area contributed by atoms with E-state index >= 15 is 0 Å². The maximum Gasteiger partial charge on any atom is 0.123 e. The van der Waals surface area contributed by atoms with Gasteiger partial charge in [0.1, 0.15) is 5.01 Å². The Bertz CT molecular complexity index is 606. The van der Waals surface area contributed by atoms with Gasteiger partial charge in [0.05, 0.1) is 5.69 Å². The monoisotopic (exact) mass is 336 g/mol. The third-order valence-corrected chi connectivity index (χ3v) is 5.81. The largest absolute Gasteiger partial charge is 0.330 e. The Morgan fingerprint density at radius 3 is 3.05 bits per heavy atom. The minimum absolute atomic E-state index is 0.461. The smallest absolute Gasteiger partial charge is 0.123 e. The van der Waals surface area contributed by atoms with Crippen molar-refractivity contribution in [2.75, 3.05) is 6.54 Å². The van der Waals surface area contributed by atoms with Gasteiger partial charge in [-0.15, -0.1) is 11.3 Å². The van der Waals surface area contributed by atoms with Crippen LogP contribution < -0.4 is 5.73 Å². The molecule has 0 aliphatic heterocycles. The van der Waals surface area contributed by atoms with Crippen LogP contribution in [0, 0.1) is 6.92 Å². The summed E-state index contributed by atoms with van der Waals surface area (Å²) >= 11 is 5.43. The molecule has 0 spiro atoms. The highest BCUT2D eigenvalue weighted by Crippen LogP contribution is 2.38. The number of benzene rings is 1. The average Bonchev–Trinajstić information content (AvgIpc) is 2.85. The number of halogens is 1. The molecule has 19 heavy (non-hydrogen) atoms. The molecule has 1 aliphatic carbocycles. The first-order valence-corrected chi connectivity index (χ1v) is 8.26. The summed E-state index contributed by atoms with van der Waals surface area (Å²) in [5.41, 5.74) is 9.58. The molecule has 2 N–H and O–H groups in total. The van der Waals surface area contributed by atoms with Crippen molar-refractivity contribution in [3.8, 4) is 10.6 Å². The van der Waals surface area contributed by atoms with E-state index in [-0.39, 0.29) is 0 Å². The lowest BCUT2D eigenvalue weighted by Gasteiger charge is -2.18. The molecule has 0 saturated carbocycles. The van der Waals surface area contributed by atoms with Gasteiger partial charge in [-0.3, -0.25) is 0 Å². The Morgan fingerprint density at radius 2 is 2.32 bits per heavy atom. The number of hydrogen-bond donors (Lipinski definition) is 1. The number of thiazole rings is 1. The predicted octanol–water partition coefficient (Wildman–Crippen LogP) is 4.26. The number of nitrogens with two attached hydrogens (primary N) is 1. The molecular formula is C15H17BrN2S. The van der Waals surface area contributed by atoms with E-state index in [9.17, 15) is 0 Å². The molecule has 0 saturated heterocycles. The normalized spacial score (nSPS) is 18.4. The van der Waals surface area contributed by atoms with Gasteiger partial charge >= 0.3 is 0 Å². The van der Waals surface area contributed by atoms with E-state index < -0.39 is 0 Å². The summed E-state index contributed by atoms with van der Waals surface area (Å²) in [5.74, 6) is 0.461. The van der Waals surface area contributed by atoms with Crippen LogP contribution in [0.15, 0.2) is 22.7 Å². The molecule has 0 amide bonds. The van der Waals surface area contributed by atoms with E-state index in [1.165, 1.54) is 34.5 Å². The summed E-state index contributed by atoms with van der Waals surface area (Å²) < 4.78 is 1.15. The molecule has 1 aromatic heterocycles. The van der Waals surface area contributed by atoms with Crippen molar-refractivity contribution in [3.05, 3.63) is 38.8 Å². The highest BCUT2D eigenvalue weighted by Gasteiger charge is 2.24. The van der Waals surface area contributed by atoms with Crippen molar-refractivity contribution in [1.29, 1.82) is 0 Å². The summed E-state index contributed by atoms with van der Waals surface area (Å²) in [6.45, 7) is 2.82. The molecule has 1 atom stereocenters. The fourth-order valence-electron chi connectivity index (χ4n) is 2.59. The molecule has 0 fully saturated rings. The standard InChI is InChI=1S/C15H17BrN2S/c1-9-5-6-10(7-12(9)16)15-18-14-11(8-17)3-2-4-13(14)19-15/h5-7,11H,2-4,8,17H2,1H3. The molecule has 0 bridgehead atoms. The van der Waals surface area contributed by atoms with E-state index in [1.807, 2.05) is 11.3 Å². The molecule has 1 aliphatic rings. The summed E-state index contributed by atoms with van der Waals surface area (Å²) in [6.07, 6.45) is 3.59. The molecule has 0 radical (unpaired) electrons. The van der Waals surface area contributed by atoms with Gasteiger partial charge in [-0.1, -0.05) is 28.1 Å². The molecule has 1 unspecified atom stereocenters. The highest BCUT2D eigenvalue weighted by atomic mass is 79.9. The maximum absolute atomic E-state index is 5.87. The summed E-state index contributed by atoms with van der Waals surface area (Å²) in [5, 5.41) is 1.13. The van der Waals surface area contributed by atoms with Gasteiger partial charge < -0.3 is 5.73 Å². The fourth-order valence-corrected chi connectivity index (χ4v) is 4.15. The van der Waals surface area contributed by atoms with Crippen molar-refractivity contribution in [2.45, 2.75) is 32.1 Å². The topological polar surface area (TPSA) is 38.9 Å².